The summed E-state index contributed by atoms with van der Waals surface area (Å²) in [6.45, 7) is 3.41. The molecule has 7 nitrogen and oxygen atoms in total. The first-order chi connectivity index (χ1) is 11.7. The van der Waals surface area contributed by atoms with Gasteiger partial charge in [0.05, 0.1) is 19.1 Å². The van der Waals surface area contributed by atoms with Gasteiger partial charge in [-0.25, -0.2) is 9.97 Å². The standard InChI is InChI=1S/C17H21N5O2/c1-3-13-15(22-10-4-6-14(24-2)16(22)20-13)17(23)19-7-5-9-21-11-8-18-12-21/h4,6,8,10-12H,3,5,7,9H2,1-2H3,(H,19,23). The average molecular weight is 327 g/mol. The van der Waals surface area contributed by atoms with E-state index in [1.807, 2.05) is 36.0 Å². The number of nitrogens with zero attached hydrogens (tertiary/aromatic N) is 4. The number of fused-ring (bicyclic) bond motifs is 1. The molecule has 3 rings (SSSR count). The number of carbonyl (C=O) groups excluding carboxylic acids is 1. The second kappa shape index (κ2) is 7.16. The van der Waals surface area contributed by atoms with Crippen LogP contribution in [0.15, 0.2) is 37.1 Å². The predicted octanol–water partition coefficient (Wildman–Crippen LogP) is 1.92. The van der Waals surface area contributed by atoms with Crippen molar-refractivity contribution in [3.05, 3.63) is 48.4 Å². The Morgan fingerprint density at radius 2 is 2.25 bits per heavy atom. The van der Waals surface area contributed by atoms with E-state index in [1.165, 1.54) is 0 Å². The Kier molecular flexibility index (Phi) is 4.79. The lowest BCUT2D eigenvalue weighted by atomic mass is 10.2. The molecule has 0 spiro atoms. The molecule has 7 heteroatoms. The van der Waals surface area contributed by atoms with E-state index in [1.54, 1.807) is 24.0 Å². The van der Waals surface area contributed by atoms with Crippen LogP contribution in [-0.2, 0) is 13.0 Å². The van der Waals surface area contributed by atoms with Crippen LogP contribution in [0.5, 0.6) is 5.75 Å². The Morgan fingerprint density at radius 1 is 1.38 bits per heavy atom. The minimum Gasteiger partial charge on any atom is -0.493 e. The largest absolute Gasteiger partial charge is 0.493 e. The van der Waals surface area contributed by atoms with Crippen molar-refractivity contribution < 1.29 is 9.53 Å². The fourth-order valence-electron chi connectivity index (χ4n) is 2.70. The Hall–Kier alpha value is -2.83. The minimum absolute atomic E-state index is 0.113. The van der Waals surface area contributed by atoms with Gasteiger partial charge in [-0.1, -0.05) is 6.92 Å². The van der Waals surface area contributed by atoms with Crippen LogP contribution < -0.4 is 10.1 Å². The van der Waals surface area contributed by atoms with Crippen LogP contribution in [0.1, 0.15) is 29.5 Å². The smallest absolute Gasteiger partial charge is 0.270 e. The van der Waals surface area contributed by atoms with Crippen LogP contribution in [0, 0.1) is 0 Å². The van der Waals surface area contributed by atoms with E-state index >= 15 is 0 Å². The molecule has 0 saturated heterocycles. The molecule has 0 radical (unpaired) electrons. The van der Waals surface area contributed by atoms with Gasteiger partial charge < -0.3 is 14.6 Å². The fraction of sp³-hybridized carbons (Fsp3) is 0.353. The van der Waals surface area contributed by atoms with Crippen molar-refractivity contribution in [3.63, 3.8) is 0 Å². The number of aromatic nitrogens is 4. The van der Waals surface area contributed by atoms with Crippen molar-refractivity contribution >= 4 is 11.6 Å². The summed E-state index contributed by atoms with van der Waals surface area (Å²) in [5, 5.41) is 2.98. The number of ether oxygens (including phenoxy) is 1. The third-order valence-corrected chi connectivity index (χ3v) is 3.89. The SMILES string of the molecule is CCc1nc2c(OC)cccn2c1C(=O)NCCCn1ccnc1. The summed E-state index contributed by atoms with van der Waals surface area (Å²) >= 11 is 0. The van der Waals surface area contributed by atoms with Crippen molar-refractivity contribution in [1.82, 2.24) is 24.3 Å². The van der Waals surface area contributed by atoms with E-state index in [0.29, 0.717) is 30.1 Å². The number of nitrogens with one attached hydrogen (secondary N) is 1. The number of pyridine rings is 1. The van der Waals surface area contributed by atoms with E-state index in [4.69, 9.17) is 4.74 Å². The van der Waals surface area contributed by atoms with Gasteiger partial charge in [-0.15, -0.1) is 0 Å². The van der Waals surface area contributed by atoms with E-state index in [2.05, 4.69) is 15.3 Å². The molecule has 1 amide bonds. The summed E-state index contributed by atoms with van der Waals surface area (Å²) < 4.78 is 9.12. The van der Waals surface area contributed by atoms with E-state index in [0.717, 1.165) is 18.7 Å². The molecular formula is C17H21N5O2. The van der Waals surface area contributed by atoms with Gasteiger partial charge in [0.25, 0.3) is 5.91 Å². The molecule has 0 aliphatic rings. The van der Waals surface area contributed by atoms with Gasteiger partial charge in [0, 0.05) is 31.7 Å². The summed E-state index contributed by atoms with van der Waals surface area (Å²) in [7, 11) is 1.60. The Balaban J connectivity index is 1.74. The third-order valence-electron chi connectivity index (χ3n) is 3.89. The van der Waals surface area contributed by atoms with E-state index < -0.39 is 0 Å². The molecule has 0 aliphatic carbocycles. The first-order valence-corrected chi connectivity index (χ1v) is 8.02. The lowest BCUT2D eigenvalue weighted by molar-refractivity contribution is 0.0946. The second-order valence-corrected chi connectivity index (χ2v) is 5.44. The van der Waals surface area contributed by atoms with Crippen LogP contribution in [0.2, 0.25) is 0 Å². The van der Waals surface area contributed by atoms with Crippen LogP contribution in [0.3, 0.4) is 0 Å². The highest BCUT2D eigenvalue weighted by Crippen LogP contribution is 2.22. The average Bonchev–Trinajstić information content (AvgIpc) is 3.25. The zero-order chi connectivity index (χ0) is 16.9. The maximum absolute atomic E-state index is 12.6. The first-order valence-electron chi connectivity index (χ1n) is 8.02. The van der Waals surface area contributed by atoms with Crippen molar-refractivity contribution in [3.8, 4) is 5.75 Å². The molecule has 0 aliphatic heterocycles. The highest BCUT2D eigenvalue weighted by Gasteiger charge is 2.19. The molecule has 0 saturated carbocycles. The maximum Gasteiger partial charge on any atom is 0.270 e. The molecule has 0 unspecified atom stereocenters. The van der Waals surface area contributed by atoms with Gasteiger partial charge in [-0.05, 0) is 25.0 Å². The number of imidazole rings is 2. The van der Waals surface area contributed by atoms with Crippen molar-refractivity contribution in [2.75, 3.05) is 13.7 Å². The third kappa shape index (κ3) is 3.10. The maximum atomic E-state index is 12.6. The molecule has 0 aromatic carbocycles. The number of aryl methyl sites for hydroxylation is 2. The number of amides is 1. The molecule has 1 N–H and O–H groups in total. The van der Waals surface area contributed by atoms with Gasteiger partial charge in [-0.3, -0.25) is 9.20 Å². The molecule has 0 fully saturated rings. The van der Waals surface area contributed by atoms with Crippen LogP contribution in [-0.4, -0.2) is 38.5 Å². The number of methoxy groups -OCH3 is 1. The Morgan fingerprint density at radius 3 is 2.96 bits per heavy atom. The normalized spacial score (nSPS) is 10.9. The number of hydrogen-bond acceptors (Lipinski definition) is 4. The first kappa shape index (κ1) is 16.0. The fourth-order valence-corrected chi connectivity index (χ4v) is 2.70. The number of carbonyl (C=O) groups is 1. The van der Waals surface area contributed by atoms with Crippen LogP contribution in [0.25, 0.3) is 5.65 Å². The molecule has 0 bridgehead atoms. The van der Waals surface area contributed by atoms with Gasteiger partial charge in [0.1, 0.15) is 5.69 Å². The van der Waals surface area contributed by atoms with Gasteiger partial charge in [0.15, 0.2) is 11.4 Å². The van der Waals surface area contributed by atoms with E-state index in [9.17, 15) is 4.79 Å². The lowest BCUT2D eigenvalue weighted by Gasteiger charge is -2.07. The number of hydrogen-bond donors (Lipinski definition) is 1. The molecule has 3 aromatic heterocycles. The molecule has 0 atom stereocenters. The molecule has 24 heavy (non-hydrogen) atoms. The number of rotatable bonds is 7. The Bertz CT molecular complexity index is 823. The van der Waals surface area contributed by atoms with Crippen molar-refractivity contribution in [1.29, 1.82) is 0 Å². The molecule has 126 valence electrons. The highest BCUT2D eigenvalue weighted by atomic mass is 16.5. The minimum atomic E-state index is -0.113. The van der Waals surface area contributed by atoms with Gasteiger partial charge >= 0.3 is 0 Å². The second-order valence-electron chi connectivity index (χ2n) is 5.44. The van der Waals surface area contributed by atoms with Gasteiger partial charge in [0.2, 0.25) is 0 Å². The topological polar surface area (TPSA) is 73.5 Å². The van der Waals surface area contributed by atoms with Crippen molar-refractivity contribution in [2.24, 2.45) is 0 Å². The zero-order valence-electron chi connectivity index (χ0n) is 13.9. The van der Waals surface area contributed by atoms with Crippen molar-refractivity contribution in [2.45, 2.75) is 26.3 Å². The molecular weight excluding hydrogens is 306 g/mol. The summed E-state index contributed by atoms with van der Waals surface area (Å²) in [6, 6.07) is 3.69. The van der Waals surface area contributed by atoms with Crippen LogP contribution >= 0.6 is 0 Å². The lowest BCUT2D eigenvalue weighted by Crippen LogP contribution is -2.27. The zero-order valence-corrected chi connectivity index (χ0v) is 13.9. The highest BCUT2D eigenvalue weighted by molar-refractivity contribution is 5.95. The Labute approximate surface area is 140 Å². The summed E-state index contributed by atoms with van der Waals surface area (Å²) in [5.74, 6) is 0.546. The quantitative estimate of drug-likeness (QED) is 0.673. The summed E-state index contributed by atoms with van der Waals surface area (Å²) in [6.07, 6.45) is 8.79. The van der Waals surface area contributed by atoms with Gasteiger partial charge in [-0.2, -0.15) is 0 Å². The van der Waals surface area contributed by atoms with Crippen LogP contribution in [0.4, 0.5) is 0 Å². The summed E-state index contributed by atoms with van der Waals surface area (Å²) in [5.41, 5.74) is 2.01. The monoisotopic (exact) mass is 327 g/mol. The molecule has 3 heterocycles. The summed E-state index contributed by atoms with van der Waals surface area (Å²) in [4.78, 5) is 21.2. The molecule has 3 aromatic rings. The van der Waals surface area contributed by atoms with E-state index in [-0.39, 0.29) is 5.91 Å². The predicted molar refractivity (Wildman–Crippen MR) is 90.3 cm³/mol.